The van der Waals surface area contributed by atoms with Crippen LogP contribution in [0.3, 0.4) is 0 Å². The third kappa shape index (κ3) is 1.35. The van der Waals surface area contributed by atoms with Gasteiger partial charge in [0.15, 0.2) is 0 Å². The highest BCUT2D eigenvalue weighted by atomic mass is 32.1. The monoisotopic (exact) mass is 173 g/mol. The summed E-state index contributed by atoms with van der Waals surface area (Å²) in [7, 11) is 1.50. The Morgan fingerprint density at radius 1 is 1.64 bits per heavy atom. The van der Waals surface area contributed by atoms with Crippen molar-refractivity contribution >= 4 is 12.6 Å². The fraction of sp³-hybridized carbons (Fsp3) is 0.400. The number of aromatic nitrogens is 3. The summed E-state index contributed by atoms with van der Waals surface area (Å²) < 4.78 is 1.20. The fourth-order valence-corrected chi connectivity index (χ4v) is 0.895. The van der Waals surface area contributed by atoms with Gasteiger partial charge in [0, 0.05) is 7.05 Å². The molecule has 1 N–H and O–H groups in total. The van der Waals surface area contributed by atoms with Crippen LogP contribution in [0.15, 0.2) is 4.79 Å². The third-order valence-corrected chi connectivity index (χ3v) is 1.57. The summed E-state index contributed by atoms with van der Waals surface area (Å²) in [6.07, 6.45) is 0. The minimum Gasteiger partial charge on any atom is -0.488 e. The zero-order chi connectivity index (χ0) is 8.43. The summed E-state index contributed by atoms with van der Waals surface area (Å²) in [6.45, 7) is 0. The van der Waals surface area contributed by atoms with Gasteiger partial charge in [-0.2, -0.15) is 12.6 Å². The van der Waals surface area contributed by atoms with E-state index in [2.05, 4.69) is 22.8 Å². The first-order chi connectivity index (χ1) is 5.16. The Morgan fingerprint density at radius 3 is 2.82 bits per heavy atom. The van der Waals surface area contributed by atoms with Crippen LogP contribution < -0.4 is 5.56 Å². The van der Waals surface area contributed by atoms with E-state index in [1.807, 2.05) is 0 Å². The molecule has 0 radical (unpaired) electrons. The maximum absolute atomic E-state index is 10.9. The van der Waals surface area contributed by atoms with Crippen molar-refractivity contribution in [3.05, 3.63) is 16.2 Å². The largest absolute Gasteiger partial charge is 0.488 e. The van der Waals surface area contributed by atoms with E-state index in [0.29, 0.717) is 11.6 Å². The van der Waals surface area contributed by atoms with Crippen molar-refractivity contribution in [3.63, 3.8) is 0 Å². The molecular weight excluding hydrogens is 166 g/mol. The standard InChI is InChI=1S/C5H7N3O2S/c1-8-3(2-11)6-7-4(9)5(8)10/h11H,2H2,1H3,(H,7,9). The Morgan fingerprint density at radius 2 is 2.27 bits per heavy atom. The van der Waals surface area contributed by atoms with Crippen LogP contribution in [0.2, 0.25) is 0 Å². The van der Waals surface area contributed by atoms with Crippen molar-refractivity contribution in [1.29, 1.82) is 0 Å². The molecule has 1 aromatic rings. The van der Waals surface area contributed by atoms with Gasteiger partial charge >= 0.3 is 5.56 Å². The molecule has 1 heterocycles. The molecule has 0 atom stereocenters. The van der Waals surface area contributed by atoms with Gasteiger partial charge in [0.2, 0.25) is 0 Å². The lowest BCUT2D eigenvalue weighted by atomic mass is 10.6. The maximum atomic E-state index is 10.9. The quantitative estimate of drug-likeness (QED) is 0.552. The van der Waals surface area contributed by atoms with E-state index in [0.717, 1.165) is 0 Å². The van der Waals surface area contributed by atoms with Crippen LogP contribution in [0, 0.1) is 0 Å². The molecule has 0 aliphatic rings. The first-order valence-electron chi connectivity index (χ1n) is 2.89. The molecule has 0 aliphatic heterocycles. The molecule has 0 amide bonds. The fourth-order valence-electron chi connectivity index (χ4n) is 0.620. The predicted molar refractivity (Wildman–Crippen MR) is 41.6 cm³/mol. The van der Waals surface area contributed by atoms with Crippen LogP contribution in [-0.4, -0.2) is 19.9 Å². The van der Waals surface area contributed by atoms with E-state index in [-0.39, 0.29) is 0 Å². The number of nitrogens with zero attached hydrogens (tertiary/aromatic N) is 3. The molecule has 0 unspecified atom stereocenters. The lowest BCUT2D eigenvalue weighted by Gasteiger charge is -2.01. The highest BCUT2D eigenvalue weighted by molar-refractivity contribution is 7.79. The number of hydrogen-bond donors (Lipinski definition) is 2. The molecule has 11 heavy (non-hydrogen) atoms. The molecule has 0 spiro atoms. The summed E-state index contributed by atoms with van der Waals surface area (Å²) in [5.74, 6) is 0.160. The van der Waals surface area contributed by atoms with Crippen molar-refractivity contribution in [2.45, 2.75) is 5.75 Å². The normalized spacial score (nSPS) is 10.0. The first-order valence-corrected chi connectivity index (χ1v) is 3.52. The second-order valence-corrected chi connectivity index (χ2v) is 2.28. The van der Waals surface area contributed by atoms with E-state index in [1.165, 1.54) is 11.6 Å². The van der Waals surface area contributed by atoms with E-state index in [9.17, 15) is 4.79 Å². The average molecular weight is 173 g/mol. The Labute approximate surface area is 68.1 Å². The smallest absolute Gasteiger partial charge is 0.315 e. The second-order valence-electron chi connectivity index (χ2n) is 1.96. The highest BCUT2D eigenvalue weighted by Crippen LogP contribution is 1.96. The molecule has 0 aromatic carbocycles. The molecule has 0 saturated heterocycles. The molecule has 0 aliphatic carbocycles. The topological polar surface area (TPSA) is 68.0 Å². The van der Waals surface area contributed by atoms with Gasteiger partial charge in [-0.15, -0.1) is 10.2 Å². The highest BCUT2D eigenvalue weighted by Gasteiger charge is 2.04. The Bertz CT molecular complexity index is 322. The number of hydrogen-bond acceptors (Lipinski definition) is 5. The summed E-state index contributed by atoms with van der Waals surface area (Å²) >= 11 is 3.92. The average Bonchev–Trinajstić information content (AvgIpc) is 2.01. The van der Waals surface area contributed by atoms with Gasteiger partial charge in [0.05, 0.1) is 5.75 Å². The number of thiol groups is 1. The van der Waals surface area contributed by atoms with Gasteiger partial charge in [-0.25, -0.2) is 0 Å². The van der Waals surface area contributed by atoms with E-state index in [4.69, 9.17) is 5.11 Å². The van der Waals surface area contributed by atoms with E-state index in [1.54, 1.807) is 0 Å². The van der Waals surface area contributed by atoms with E-state index >= 15 is 0 Å². The molecule has 0 saturated carbocycles. The SMILES string of the molecule is Cn1c(CS)nnc(O)c1=O. The van der Waals surface area contributed by atoms with Crippen LogP contribution in [-0.2, 0) is 12.8 Å². The van der Waals surface area contributed by atoms with E-state index < -0.39 is 11.4 Å². The van der Waals surface area contributed by atoms with Gasteiger partial charge < -0.3 is 5.11 Å². The van der Waals surface area contributed by atoms with Crippen LogP contribution in [0.25, 0.3) is 0 Å². The summed E-state index contributed by atoms with van der Waals surface area (Å²) in [5.41, 5.74) is -0.552. The molecule has 6 heteroatoms. The minimum atomic E-state index is -0.585. The van der Waals surface area contributed by atoms with Crippen LogP contribution in [0.4, 0.5) is 0 Å². The summed E-state index contributed by atoms with van der Waals surface area (Å²) in [6, 6.07) is 0. The van der Waals surface area contributed by atoms with Gasteiger partial charge in [-0.05, 0) is 0 Å². The molecular formula is C5H7N3O2S. The summed E-state index contributed by atoms with van der Waals surface area (Å²) in [5, 5.41) is 15.6. The zero-order valence-corrected chi connectivity index (χ0v) is 6.75. The zero-order valence-electron chi connectivity index (χ0n) is 5.85. The van der Waals surface area contributed by atoms with Crippen molar-refractivity contribution < 1.29 is 5.11 Å². The van der Waals surface area contributed by atoms with Crippen LogP contribution in [0.1, 0.15) is 5.82 Å². The summed E-state index contributed by atoms with van der Waals surface area (Å²) in [4.78, 5) is 10.9. The van der Waals surface area contributed by atoms with Crippen LogP contribution >= 0.6 is 12.6 Å². The Balaban J connectivity index is 3.37. The lowest BCUT2D eigenvalue weighted by molar-refractivity contribution is 0.423. The van der Waals surface area contributed by atoms with Crippen LogP contribution in [0.5, 0.6) is 5.88 Å². The predicted octanol–water partition coefficient (Wildman–Crippen LogP) is -0.689. The van der Waals surface area contributed by atoms with Crippen molar-refractivity contribution in [2.75, 3.05) is 0 Å². The second kappa shape index (κ2) is 2.91. The molecule has 1 rings (SSSR count). The number of rotatable bonds is 1. The molecule has 60 valence electrons. The number of aromatic hydroxyl groups is 1. The van der Waals surface area contributed by atoms with Gasteiger partial charge in [-0.1, -0.05) is 0 Å². The van der Waals surface area contributed by atoms with Crippen molar-refractivity contribution in [3.8, 4) is 5.88 Å². The Kier molecular flexibility index (Phi) is 2.13. The molecule has 1 aromatic heterocycles. The van der Waals surface area contributed by atoms with Gasteiger partial charge in [0.1, 0.15) is 5.82 Å². The Hall–Kier alpha value is -1.04. The molecule has 0 bridgehead atoms. The first kappa shape index (κ1) is 8.06. The maximum Gasteiger partial charge on any atom is 0.315 e. The molecule has 0 fully saturated rings. The lowest BCUT2D eigenvalue weighted by Crippen LogP contribution is -2.22. The third-order valence-electron chi connectivity index (χ3n) is 1.28. The minimum absolute atomic E-state index is 0.318. The van der Waals surface area contributed by atoms with Crippen molar-refractivity contribution in [2.24, 2.45) is 7.05 Å². The van der Waals surface area contributed by atoms with Gasteiger partial charge in [-0.3, -0.25) is 9.36 Å². The van der Waals surface area contributed by atoms with Crippen molar-refractivity contribution in [1.82, 2.24) is 14.8 Å². The van der Waals surface area contributed by atoms with Gasteiger partial charge in [0.25, 0.3) is 5.88 Å². The molecule has 5 nitrogen and oxygen atoms in total.